The van der Waals surface area contributed by atoms with Crippen LogP contribution in [0.25, 0.3) is 0 Å². The van der Waals surface area contributed by atoms with Gasteiger partial charge in [0, 0.05) is 11.6 Å². The van der Waals surface area contributed by atoms with Crippen LogP contribution in [0.1, 0.15) is 72.5 Å². The lowest BCUT2D eigenvalue weighted by molar-refractivity contribution is -0.123. The molecule has 0 spiro atoms. The van der Waals surface area contributed by atoms with E-state index in [2.05, 4.69) is 14.6 Å². The van der Waals surface area contributed by atoms with Crippen molar-refractivity contribution in [2.75, 3.05) is 13.2 Å². The zero-order chi connectivity index (χ0) is 28.2. The quantitative estimate of drug-likeness (QED) is 0.224. The molecule has 13 nitrogen and oxygen atoms in total. The van der Waals surface area contributed by atoms with Gasteiger partial charge in [0.1, 0.15) is 11.5 Å². The number of hydrogen-bond donors (Lipinski definition) is 5. The number of carbonyl (C=O) groups excluding carboxylic acids is 2. The van der Waals surface area contributed by atoms with Gasteiger partial charge < -0.3 is 52.5 Å². The maximum atomic E-state index is 13.1. The normalized spacial score (nSPS) is 17.5. The molecule has 42 heavy (non-hydrogen) atoms. The Bertz CT molecular complexity index is 1270. The molecule has 2 aliphatic rings. The van der Waals surface area contributed by atoms with E-state index >= 15 is 0 Å². The van der Waals surface area contributed by atoms with Crippen LogP contribution >= 0.6 is 16.8 Å². The number of carbonyl (C=O) groups is 2. The molecular formula is C27H43N3O10P2. The molecule has 15 heteroatoms. The Morgan fingerprint density at radius 2 is 1.76 bits per heavy atom. The maximum absolute atomic E-state index is 13.1. The van der Waals surface area contributed by atoms with Gasteiger partial charge in [0.05, 0.1) is 36.2 Å². The molecule has 2 amide bonds. The van der Waals surface area contributed by atoms with E-state index in [1.54, 1.807) is 24.3 Å². The Hall–Kier alpha value is -2.60. The predicted octanol–water partition coefficient (Wildman–Crippen LogP) is -0.526. The molecule has 1 unspecified atom stereocenters. The third-order valence-corrected chi connectivity index (χ3v) is 9.13. The Balaban J connectivity index is 0.00000294. The molecule has 0 bridgehead atoms. The first-order valence-electron chi connectivity index (χ1n) is 13.3. The van der Waals surface area contributed by atoms with Crippen molar-refractivity contribution in [3.05, 3.63) is 47.0 Å². The fraction of sp³-hybridized carbons (Fsp3) is 0.481. The molecule has 1 heterocycles. The van der Waals surface area contributed by atoms with Crippen LogP contribution in [-0.4, -0.2) is 57.3 Å². The number of primary amides is 1. The van der Waals surface area contributed by atoms with Crippen molar-refractivity contribution in [2.45, 2.75) is 63.5 Å². The van der Waals surface area contributed by atoms with Gasteiger partial charge in [-0.3, -0.25) is 14.2 Å². The summed E-state index contributed by atoms with van der Waals surface area (Å²) in [6.07, 6.45) is 7.12. The minimum Gasteiger partial charge on any atom is -0.493 e. The third-order valence-electron chi connectivity index (χ3n) is 7.36. The van der Waals surface area contributed by atoms with Crippen molar-refractivity contribution < 1.29 is 49.8 Å². The molecule has 0 radical (unpaired) electrons. The first-order chi connectivity index (χ1) is 18.5. The molecule has 4 rings (SSSR count). The Morgan fingerprint density at radius 1 is 1.07 bits per heavy atom. The summed E-state index contributed by atoms with van der Waals surface area (Å²) < 4.78 is 23.8. The fourth-order valence-electron chi connectivity index (χ4n) is 5.22. The highest BCUT2D eigenvalue weighted by atomic mass is 31.2. The number of nitrogens with one attached hydrogen (secondary N) is 1. The summed E-state index contributed by atoms with van der Waals surface area (Å²) in [6, 6.07) is 6.52. The van der Waals surface area contributed by atoms with Gasteiger partial charge in [-0.25, -0.2) is 0 Å². The zero-order valence-electron chi connectivity index (χ0n) is 23.3. The number of nitrogens with two attached hydrogens (primary N) is 2. The van der Waals surface area contributed by atoms with Gasteiger partial charge in [-0.2, -0.15) is 0 Å². The molecule has 0 saturated heterocycles. The Morgan fingerprint density at radius 3 is 2.40 bits per heavy atom. The van der Waals surface area contributed by atoms with Gasteiger partial charge >= 0.3 is 7.60 Å². The summed E-state index contributed by atoms with van der Waals surface area (Å²) in [5.41, 5.74) is 13.3. The molecule has 1 fully saturated rings. The highest BCUT2D eigenvalue weighted by Gasteiger charge is 2.28. The second-order valence-corrected chi connectivity index (χ2v) is 12.6. The SMILES string of the molecule is NC(=O)c1cc2c(cc1OCC1CCCCC1)OCCC[C@@H]2NC(=O)[C@@H](N)Cc1ccc(P)c(P(=O)(O)O)c1.O.O.O. The number of fused-ring (bicyclic) bond motifs is 1. The first-order valence-corrected chi connectivity index (χ1v) is 15.5. The van der Waals surface area contributed by atoms with Gasteiger partial charge in [-0.15, -0.1) is 9.24 Å². The van der Waals surface area contributed by atoms with Gasteiger partial charge in [0.2, 0.25) is 5.91 Å². The number of rotatable bonds is 9. The first kappa shape index (κ1) is 37.4. The molecule has 1 saturated carbocycles. The standard InChI is InChI=1S/C27H37N3O7P2.3H2O/c28-20(11-17-8-9-24(38)25(12-17)39(33,34)35)27(32)30-21-7-4-10-36-22-14-23(19(26(29)31)13-18(21)22)37-15-16-5-2-1-3-6-16;;;/h8-9,12-14,16,20-21H,1-7,10-11,15,28,38H2,(H2,29,31)(H,30,32)(H2,33,34,35);3*1H2/t20-,21-;;;/m0.../s1. The van der Waals surface area contributed by atoms with Gasteiger partial charge in [-0.1, -0.05) is 31.4 Å². The monoisotopic (exact) mass is 631 g/mol. The lowest BCUT2D eigenvalue weighted by Crippen LogP contribution is -2.43. The zero-order valence-corrected chi connectivity index (χ0v) is 25.4. The molecule has 236 valence electrons. The van der Waals surface area contributed by atoms with Crippen molar-refractivity contribution in [3.63, 3.8) is 0 Å². The van der Waals surface area contributed by atoms with Crippen LogP contribution in [0.2, 0.25) is 0 Å². The minimum absolute atomic E-state index is 0. The van der Waals surface area contributed by atoms with E-state index in [0.717, 1.165) is 12.8 Å². The molecule has 0 aromatic heterocycles. The van der Waals surface area contributed by atoms with Crippen LogP contribution < -0.4 is 36.9 Å². The van der Waals surface area contributed by atoms with Gasteiger partial charge in [0.25, 0.3) is 5.91 Å². The number of ether oxygens (including phenoxy) is 2. The van der Waals surface area contributed by atoms with Crippen LogP contribution in [0.3, 0.4) is 0 Å². The lowest BCUT2D eigenvalue weighted by atomic mass is 9.90. The third kappa shape index (κ3) is 9.45. The summed E-state index contributed by atoms with van der Waals surface area (Å²) in [5.74, 6) is 0.295. The van der Waals surface area contributed by atoms with Crippen LogP contribution in [-0.2, 0) is 15.8 Å². The summed E-state index contributed by atoms with van der Waals surface area (Å²) in [6.45, 7) is 0.950. The van der Waals surface area contributed by atoms with Crippen molar-refractivity contribution in [3.8, 4) is 11.5 Å². The average molecular weight is 632 g/mol. The second kappa shape index (κ2) is 16.3. The van der Waals surface area contributed by atoms with Crippen molar-refractivity contribution in [2.24, 2.45) is 17.4 Å². The summed E-state index contributed by atoms with van der Waals surface area (Å²) in [7, 11) is -2.18. The van der Waals surface area contributed by atoms with E-state index < -0.39 is 31.5 Å². The minimum atomic E-state index is -4.47. The fourth-order valence-corrected chi connectivity index (χ4v) is 6.65. The van der Waals surface area contributed by atoms with Gasteiger partial charge in [0.15, 0.2) is 0 Å². The highest BCUT2D eigenvalue weighted by Crippen LogP contribution is 2.38. The highest BCUT2D eigenvalue weighted by molar-refractivity contribution is 7.61. The van der Waals surface area contributed by atoms with Crippen molar-refractivity contribution >= 4 is 39.3 Å². The van der Waals surface area contributed by atoms with Crippen LogP contribution in [0.4, 0.5) is 0 Å². The average Bonchev–Trinajstić information content (AvgIpc) is 3.09. The summed E-state index contributed by atoms with van der Waals surface area (Å²) in [5, 5.41) is 3.23. The maximum Gasteiger partial charge on any atom is 0.356 e. The van der Waals surface area contributed by atoms with Crippen LogP contribution in [0, 0.1) is 5.92 Å². The molecule has 2 aromatic rings. The molecular weight excluding hydrogens is 588 g/mol. The largest absolute Gasteiger partial charge is 0.493 e. The van der Waals surface area contributed by atoms with Crippen LogP contribution in [0.5, 0.6) is 11.5 Å². The predicted molar refractivity (Wildman–Crippen MR) is 163 cm³/mol. The topological polar surface area (TPSA) is 269 Å². The van der Waals surface area contributed by atoms with E-state index in [-0.39, 0.29) is 33.7 Å². The molecule has 3 atom stereocenters. The van der Waals surface area contributed by atoms with Crippen molar-refractivity contribution in [1.82, 2.24) is 5.32 Å². The van der Waals surface area contributed by atoms with E-state index in [1.165, 1.54) is 25.3 Å². The second-order valence-electron chi connectivity index (χ2n) is 10.4. The summed E-state index contributed by atoms with van der Waals surface area (Å²) >= 11 is 0. The number of amides is 2. The smallest absolute Gasteiger partial charge is 0.356 e. The molecule has 13 N–H and O–H groups in total. The molecule has 1 aliphatic carbocycles. The lowest BCUT2D eigenvalue weighted by Gasteiger charge is -2.24. The van der Waals surface area contributed by atoms with Crippen molar-refractivity contribution in [1.29, 1.82) is 0 Å². The Kier molecular flexibility index (Phi) is 14.5. The van der Waals surface area contributed by atoms with E-state index in [9.17, 15) is 23.9 Å². The van der Waals surface area contributed by atoms with E-state index in [0.29, 0.717) is 59.9 Å². The van der Waals surface area contributed by atoms with Crippen LogP contribution in [0.15, 0.2) is 30.3 Å². The van der Waals surface area contributed by atoms with E-state index in [1.807, 2.05) is 0 Å². The molecule has 1 aliphatic heterocycles. The van der Waals surface area contributed by atoms with E-state index in [4.69, 9.17) is 20.9 Å². The van der Waals surface area contributed by atoms with Gasteiger partial charge in [-0.05, 0) is 61.0 Å². The number of benzene rings is 2. The Labute approximate surface area is 247 Å². The summed E-state index contributed by atoms with van der Waals surface area (Å²) in [4.78, 5) is 44.6. The molecule has 2 aromatic carbocycles. The number of hydrogen-bond acceptors (Lipinski definition) is 6.